The van der Waals surface area contributed by atoms with Crippen LogP contribution in [0.25, 0.3) is 0 Å². The number of hydrogen-bond donors (Lipinski definition) is 1. The van der Waals surface area contributed by atoms with E-state index >= 15 is 0 Å². The van der Waals surface area contributed by atoms with Crippen LogP contribution in [0, 0.1) is 5.92 Å². The molecule has 2 rings (SSSR count). The summed E-state index contributed by atoms with van der Waals surface area (Å²) in [6.07, 6.45) is 5.50. The van der Waals surface area contributed by atoms with Crippen molar-refractivity contribution < 1.29 is 4.21 Å². The Labute approximate surface area is 92.0 Å². The van der Waals surface area contributed by atoms with E-state index in [9.17, 15) is 4.21 Å². The molecule has 0 aromatic carbocycles. The van der Waals surface area contributed by atoms with E-state index in [0.29, 0.717) is 16.8 Å². The van der Waals surface area contributed by atoms with Crippen LogP contribution in [0.2, 0.25) is 0 Å². The van der Waals surface area contributed by atoms with Crippen LogP contribution in [-0.4, -0.2) is 33.0 Å². The molecule has 1 aliphatic heterocycles. The van der Waals surface area contributed by atoms with Crippen molar-refractivity contribution in [2.24, 2.45) is 5.92 Å². The average Bonchev–Trinajstić information content (AvgIpc) is 2.31. The zero-order chi connectivity index (χ0) is 10.5. The van der Waals surface area contributed by atoms with E-state index in [1.165, 1.54) is 0 Å². The quantitative estimate of drug-likeness (QED) is 0.765. The fourth-order valence-corrected chi connectivity index (χ4v) is 3.01. The number of hydrogen-bond acceptors (Lipinski definition) is 4. The van der Waals surface area contributed by atoms with Gasteiger partial charge in [0.2, 0.25) is 5.16 Å². The maximum Gasteiger partial charge on any atom is 0.218 e. The van der Waals surface area contributed by atoms with Gasteiger partial charge in [-0.3, -0.25) is 4.21 Å². The van der Waals surface area contributed by atoms with Gasteiger partial charge in [0.05, 0.1) is 10.8 Å². The van der Waals surface area contributed by atoms with Crippen LogP contribution in [-0.2, 0) is 10.8 Å². The first-order valence-corrected chi connectivity index (χ1v) is 6.54. The molecule has 15 heavy (non-hydrogen) atoms. The summed E-state index contributed by atoms with van der Waals surface area (Å²) in [5.41, 5.74) is 0. The molecule has 0 spiro atoms. The highest BCUT2D eigenvalue weighted by Gasteiger charge is 2.17. The maximum atomic E-state index is 11.9. The molecule has 1 aromatic rings. The number of nitrogens with zero attached hydrogens (tertiary/aromatic N) is 2. The third kappa shape index (κ3) is 3.07. The van der Waals surface area contributed by atoms with Crippen molar-refractivity contribution in [3.05, 3.63) is 18.5 Å². The first-order chi connectivity index (χ1) is 7.36. The summed E-state index contributed by atoms with van der Waals surface area (Å²) in [7, 11) is -1.03. The first-order valence-electron chi connectivity index (χ1n) is 5.22. The van der Waals surface area contributed by atoms with Gasteiger partial charge in [0.1, 0.15) is 0 Å². The molecule has 0 saturated carbocycles. The highest BCUT2D eigenvalue weighted by Crippen LogP contribution is 2.14. The Morgan fingerprint density at radius 1 is 1.33 bits per heavy atom. The van der Waals surface area contributed by atoms with Gasteiger partial charge in [0, 0.05) is 18.1 Å². The van der Waals surface area contributed by atoms with E-state index in [1.807, 2.05) is 0 Å². The molecule has 1 atom stereocenters. The van der Waals surface area contributed by atoms with Crippen LogP contribution in [0.15, 0.2) is 23.6 Å². The van der Waals surface area contributed by atoms with Gasteiger partial charge in [-0.1, -0.05) is 0 Å². The van der Waals surface area contributed by atoms with Crippen LogP contribution in [0.5, 0.6) is 0 Å². The monoisotopic (exact) mass is 225 g/mol. The van der Waals surface area contributed by atoms with Crippen molar-refractivity contribution in [2.45, 2.75) is 18.0 Å². The number of piperidine rings is 1. The Balaban J connectivity index is 1.91. The second kappa shape index (κ2) is 5.32. The molecule has 0 aliphatic carbocycles. The molecule has 82 valence electrons. The SMILES string of the molecule is O=[S@@](CC1CCNCC1)c1ncccn1. The molecule has 4 nitrogen and oxygen atoms in total. The van der Waals surface area contributed by atoms with E-state index < -0.39 is 10.8 Å². The smallest absolute Gasteiger partial charge is 0.218 e. The number of nitrogens with one attached hydrogen (secondary N) is 1. The molecule has 1 aromatic heterocycles. The van der Waals surface area contributed by atoms with Gasteiger partial charge >= 0.3 is 0 Å². The Morgan fingerprint density at radius 2 is 2.00 bits per heavy atom. The molecule has 1 saturated heterocycles. The van der Waals surface area contributed by atoms with E-state index in [0.717, 1.165) is 25.9 Å². The van der Waals surface area contributed by atoms with Crippen molar-refractivity contribution in [3.8, 4) is 0 Å². The summed E-state index contributed by atoms with van der Waals surface area (Å²) in [6.45, 7) is 2.08. The first kappa shape index (κ1) is 10.7. The summed E-state index contributed by atoms with van der Waals surface area (Å²) >= 11 is 0. The molecule has 2 heterocycles. The fraction of sp³-hybridized carbons (Fsp3) is 0.600. The van der Waals surface area contributed by atoms with Gasteiger partial charge in [0.15, 0.2) is 0 Å². The molecule has 0 unspecified atom stereocenters. The molecule has 0 amide bonds. The Hall–Kier alpha value is -0.810. The topological polar surface area (TPSA) is 54.9 Å². The maximum absolute atomic E-state index is 11.9. The van der Waals surface area contributed by atoms with Crippen molar-refractivity contribution in [2.75, 3.05) is 18.8 Å². The third-order valence-corrected chi connectivity index (χ3v) is 3.98. The Bertz CT molecular complexity index is 325. The molecule has 5 heteroatoms. The van der Waals surface area contributed by atoms with E-state index in [2.05, 4.69) is 15.3 Å². The Kier molecular flexibility index (Phi) is 3.80. The molecule has 1 fully saturated rings. The van der Waals surface area contributed by atoms with Gasteiger partial charge in [-0.2, -0.15) is 0 Å². The van der Waals surface area contributed by atoms with E-state index in [1.54, 1.807) is 18.5 Å². The lowest BCUT2D eigenvalue weighted by Crippen LogP contribution is -2.30. The van der Waals surface area contributed by atoms with Crippen molar-refractivity contribution in [1.29, 1.82) is 0 Å². The molecule has 1 aliphatic rings. The summed E-state index contributed by atoms with van der Waals surface area (Å²) in [5.74, 6) is 1.25. The van der Waals surface area contributed by atoms with Crippen LogP contribution in [0.1, 0.15) is 12.8 Å². The van der Waals surface area contributed by atoms with Crippen LogP contribution in [0.3, 0.4) is 0 Å². The van der Waals surface area contributed by atoms with Gasteiger partial charge in [-0.05, 0) is 37.9 Å². The third-order valence-electron chi connectivity index (χ3n) is 2.59. The summed E-state index contributed by atoms with van der Waals surface area (Å²) in [4.78, 5) is 8.03. The molecule has 0 bridgehead atoms. The summed E-state index contributed by atoms with van der Waals surface area (Å²) in [5, 5.41) is 3.77. The number of aromatic nitrogens is 2. The lowest BCUT2D eigenvalue weighted by Gasteiger charge is -2.21. The minimum Gasteiger partial charge on any atom is -0.317 e. The minimum atomic E-state index is -1.03. The number of rotatable bonds is 3. The predicted octanol–water partition coefficient (Wildman–Crippen LogP) is 0.584. The van der Waals surface area contributed by atoms with Crippen LogP contribution < -0.4 is 5.32 Å². The van der Waals surface area contributed by atoms with Gasteiger partial charge in [-0.25, -0.2) is 9.97 Å². The fourth-order valence-electron chi connectivity index (χ4n) is 1.74. The van der Waals surface area contributed by atoms with E-state index in [-0.39, 0.29) is 0 Å². The summed E-state index contributed by atoms with van der Waals surface area (Å²) < 4.78 is 11.9. The normalized spacial score (nSPS) is 20.0. The molecular weight excluding hydrogens is 210 g/mol. The lowest BCUT2D eigenvalue weighted by atomic mass is 10.0. The summed E-state index contributed by atoms with van der Waals surface area (Å²) in [6, 6.07) is 1.74. The minimum absolute atomic E-state index is 0.469. The predicted molar refractivity (Wildman–Crippen MR) is 58.9 cm³/mol. The molecular formula is C10H15N3OS. The average molecular weight is 225 g/mol. The standard InChI is InChI=1S/C10H15N3OS/c14-15(10-12-4-1-5-13-10)8-9-2-6-11-7-3-9/h1,4-5,9,11H,2-3,6-8H2/t15-/m0/s1. The second-order valence-corrected chi connectivity index (χ2v) is 5.13. The zero-order valence-electron chi connectivity index (χ0n) is 8.56. The van der Waals surface area contributed by atoms with Crippen molar-refractivity contribution in [1.82, 2.24) is 15.3 Å². The van der Waals surface area contributed by atoms with E-state index in [4.69, 9.17) is 0 Å². The van der Waals surface area contributed by atoms with Gasteiger partial charge in [0.25, 0.3) is 0 Å². The van der Waals surface area contributed by atoms with Crippen LogP contribution >= 0.6 is 0 Å². The second-order valence-electron chi connectivity index (χ2n) is 3.74. The molecule has 0 radical (unpaired) electrons. The van der Waals surface area contributed by atoms with Gasteiger partial charge < -0.3 is 5.32 Å². The lowest BCUT2D eigenvalue weighted by molar-refractivity contribution is 0.405. The van der Waals surface area contributed by atoms with Crippen LogP contribution in [0.4, 0.5) is 0 Å². The Morgan fingerprint density at radius 3 is 2.67 bits per heavy atom. The van der Waals surface area contributed by atoms with Crippen molar-refractivity contribution in [3.63, 3.8) is 0 Å². The van der Waals surface area contributed by atoms with Crippen molar-refractivity contribution >= 4 is 10.8 Å². The highest BCUT2D eigenvalue weighted by atomic mass is 32.2. The van der Waals surface area contributed by atoms with Gasteiger partial charge in [-0.15, -0.1) is 0 Å². The molecule has 1 N–H and O–H groups in total. The zero-order valence-corrected chi connectivity index (χ0v) is 9.37. The largest absolute Gasteiger partial charge is 0.317 e. The highest BCUT2D eigenvalue weighted by molar-refractivity contribution is 7.84.